The van der Waals surface area contributed by atoms with Gasteiger partial charge in [-0.05, 0) is 44.0 Å². The van der Waals surface area contributed by atoms with E-state index in [2.05, 4.69) is 15.4 Å². The number of carbonyl (C=O) groups is 1. The SMILES string of the molecule is Cc1nn(C)c2nc(C3CC3)cc(C(=O)Nc3cccc(OCc4cccnc4)c3)c12. The molecule has 0 bridgehead atoms. The summed E-state index contributed by atoms with van der Waals surface area (Å²) in [6.07, 6.45) is 5.74. The topological polar surface area (TPSA) is 81.9 Å². The smallest absolute Gasteiger partial charge is 0.256 e. The number of hydrogen-bond donors (Lipinski definition) is 1. The molecule has 1 aromatic carbocycles. The highest BCUT2D eigenvalue weighted by atomic mass is 16.5. The van der Waals surface area contributed by atoms with Crippen LogP contribution >= 0.6 is 0 Å². The van der Waals surface area contributed by atoms with E-state index >= 15 is 0 Å². The van der Waals surface area contributed by atoms with Crippen molar-refractivity contribution in [2.75, 3.05) is 5.32 Å². The Morgan fingerprint density at radius 1 is 1.23 bits per heavy atom. The maximum absolute atomic E-state index is 13.3. The number of fused-ring (bicyclic) bond motifs is 1. The molecule has 0 atom stereocenters. The molecule has 1 fully saturated rings. The van der Waals surface area contributed by atoms with Gasteiger partial charge in [-0.2, -0.15) is 5.10 Å². The molecule has 31 heavy (non-hydrogen) atoms. The number of benzene rings is 1. The average molecular weight is 413 g/mol. The molecule has 0 saturated heterocycles. The number of nitrogens with one attached hydrogen (secondary N) is 1. The second kappa shape index (κ2) is 7.83. The van der Waals surface area contributed by atoms with Crippen LogP contribution in [0.25, 0.3) is 11.0 Å². The summed E-state index contributed by atoms with van der Waals surface area (Å²) in [5.74, 6) is 0.947. The third-order valence-electron chi connectivity index (χ3n) is 5.45. The molecule has 0 spiro atoms. The number of rotatable bonds is 6. The Labute approximate surface area is 180 Å². The van der Waals surface area contributed by atoms with Crippen LogP contribution in [0, 0.1) is 6.92 Å². The molecule has 0 aliphatic heterocycles. The van der Waals surface area contributed by atoms with Crippen molar-refractivity contribution in [3.05, 3.63) is 77.4 Å². The van der Waals surface area contributed by atoms with E-state index in [0.29, 0.717) is 29.5 Å². The van der Waals surface area contributed by atoms with Crippen LogP contribution < -0.4 is 10.1 Å². The molecule has 7 nitrogen and oxygen atoms in total. The highest BCUT2D eigenvalue weighted by Crippen LogP contribution is 2.40. The van der Waals surface area contributed by atoms with Crippen molar-refractivity contribution in [3.63, 3.8) is 0 Å². The molecule has 3 heterocycles. The fourth-order valence-electron chi connectivity index (χ4n) is 3.74. The molecule has 0 unspecified atom stereocenters. The van der Waals surface area contributed by atoms with Gasteiger partial charge in [0.05, 0.1) is 16.6 Å². The molecule has 1 saturated carbocycles. The van der Waals surface area contributed by atoms with Crippen molar-refractivity contribution in [3.8, 4) is 5.75 Å². The zero-order chi connectivity index (χ0) is 21.4. The second-order valence-electron chi connectivity index (χ2n) is 7.91. The summed E-state index contributed by atoms with van der Waals surface area (Å²) in [5, 5.41) is 8.29. The predicted molar refractivity (Wildman–Crippen MR) is 118 cm³/mol. The summed E-state index contributed by atoms with van der Waals surface area (Å²) >= 11 is 0. The Morgan fingerprint density at radius 2 is 2.10 bits per heavy atom. The molecular formula is C24H23N5O2. The van der Waals surface area contributed by atoms with Gasteiger partial charge in [0.25, 0.3) is 5.91 Å². The number of aromatic nitrogens is 4. The van der Waals surface area contributed by atoms with Crippen LogP contribution in [0.4, 0.5) is 5.69 Å². The Kier molecular flexibility index (Phi) is 4.86. The Hall–Kier alpha value is -3.74. The van der Waals surface area contributed by atoms with Crippen molar-refractivity contribution in [2.45, 2.75) is 32.3 Å². The lowest BCUT2D eigenvalue weighted by Crippen LogP contribution is -2.14. The minimum atomic E-state index is -0.171. The molecular weight excluding hydrogens is 390 g/mol. The minimum absolute atomic E-state index is 0.171. The molecule has 1 amide bonds. The van der Waals surface area contributed by atoms with Gasteiger partial charge in [0.2, 0.25) is 0 Å². The van der Waals surface area contributed by atoms with Crippen molar-refractivity contribution >= 4 is 22.6 Å². The first-order chi connectivity index (χ1) is 15.1. The van der Waals surface area contributed by atoms with Crippen LogP contribution in [0.2, 0.25) is 0 Å². The van der Waals surface area contributed by atoms with E-state index in [1.54, 1.807) is 17.1 Å². The van der Waals surface area contributed by atoms with Crippen molar-refractivity contribution in [2.24, 2.45) is 7.05 Å². The molecule has 3 aromatic heterocycles. The van der Waals surface area contributed by atoms with Gasteiger partial charge < -0.3 is 10.1 Å². The fourth-order valence-corrected chi connectivity index (χ4v) is 3.74. The van der Waals surface area contributed by atoms with E-state index in [1.807, 2.05) is 56.4 Å². The summed E-state index contributed by atoms with van der Waals surface area (Å²) in [6.45, 7) is 2.32. The van der Waals surface area contributed by atoms with E-state index in [9.17, 15) is 4.79 Å². The largest absolute Gasteiger partial charge is 0.489 e. The number of nitrogens with zero attached hydrogens (tertiary/aromatic N) is 4. The fraction of sp³-hybridized carbons (Fsp3) is 0.250. The number of aryl methyl sites for hydroxylation is 2. The summed E-state index contributed by atoms with van der Waals surface area (Å²) in [5.41, 5.74) is 4.78. The van der Waals surface area contributed by atoms with Crippen LogP contribution in [0.1, 0.15) is 46.1 Å². The van der Waals surface area contributed by atoms with Gasteiger partial charge in [0.15, 0.2) is 5.65 Å². The normalized spacial score (nSPS) is 13.4. The first-order valence-electron chi connectivity index (χ1n) is 10.4. The van der Waals surface area contributed by atoms with Gasteiger partial charge in [-0.3, -0.25) is 14.5 Å². The number of pyridine rings is 2. The lowest BCUT2D eigenvalue weighted by atomic mass is 10.1. The number of hydrogen-bond acceptors (Lipinski definition) is 5. The van der Waals surface area contributed by atoms with E-state index in [1.165, 1.54) is 0 Å². The Morgan fingerprint density at radius 3 is 2.87 bits per heavy atom. The van der Waals surface area contributed by atoms with E-state index in [4.69, 9.17) is 9.72 Å². The van der Waals surface area contributed by atoms with E-state index in [-0.39, 0.29) is 5.91 Å². The third-order valence-corrected chi connectivity index (χ3v) is 5.45. The van der Waals surface area contributed by atoms with Crippen LogP contribution in [0.15, 0.2) is 54.9 Å². The summed E-state index contributed by atoms with van der Waals surface area (Å²) in [6, 6.07) is 13.2. The van der Waals surface area contributed by atoms with Gasteiger partial charge in [0, 0.05) is 48.4 Å². The Balaban J connectivity index is 1.40. The average Bonchev–Trinajstić information content (AvgIpc) is 3.59. The number of anilines is 1. The van der Waals surface area contributed by atoms with Crippen molar-refractivity contribution in [1.29, 1.82) is 0 Å². The maximum Gasteiger partial charge on any atom is 0.256 e. The van der Waals surface area contributed by atoms with Crippen LogP contribution in [0.3, 0.4) is 0 Å². The molecule has 1 N–H and O–H groups in total. The molecule has 1 aliphatic carbocycles. The standard InChI is InChI=1S/C24H23N5O2/c1-15-22-20(12-21(17-8-9-17)27-23(22)29(2)28-15)24(30)26-18-6-3-7-19(11-18)31-14-16-5-4-10-25-13-16/h3-7,10-13,17H,8-9,14H2,1-2H3,(H,26,30). The predicted octanol–water partition coefficient (Wildman–Crippen LogP) is 4.38. The highest BCUT2D eigenvalue weighted by molar-refractivity contribution is 6.12. The zero-order valence-corrected chi connectivity index (χ0v) is 17.5. The van der Waals surface area contributed by atoms with Gasteiger partial charge in [-0.1, -0.05) is 12.1 Å². The summed E-state index contributed by atoms with van der Waals surface area (Å²) in [7, 11) is 1.86. The lowest BCUT2D eigenvalue weighted by molar-refractivity contribution is 0.102. The summed E-state index contributed by atoms with van der Waals surface area (Å²) < 4.78 is 7.61. The number of carbonyl (C=O) groups excluding carboxylic acids is 1. The molecule has 5 rings (SSSR count). The molecule has 0 radical (unpaired) electrons. The second-order valence-corrected chi connectivity index (χ2v) is 7.91. The quantitative estimate of drug-likeness (QED) is 0.507. The van der Waals surface area contributed by atoms with Gasteiger partial charge in [-0.25, -0.2) is 4.98 Å². The lowest BCUT2D eigenvalue weighted by Gasteiger charge is -2.11. The molecule has 4 aromatic rings. The molecule has 1 aliphatic rings. The molecule has 156 valence electrons. The Bertz CT molecular complexity index is 1260. The maximum atomic E-state index is 13.3. The summed E-state index contributed by atoms with van der Waals surface area (Å²) in [4.78, 5) is 22.1. The van der Waals surface area contributed by atoms with Crippen molar-refractivity contribution < 1.29 is 9.53 Å². The van der Waals surface area contributed by atoms with E-state index < -0.39 is 0 Å². The zero-order valence-electron chi connectivity index (χ0n) is 17.5. The first kappa shape index (κ1) is 19.2. The van der Waals surface area contributed by atoms with Crippen LogP contribution in [-0.4, -0.2) is 25.7 Å². The van der Waals surface area contributed by atoms with Crippen LogP contribution in [-0.2, 0) is 13.7 Å². The van der Waals surface area contributed by atoms with Gasteiger partial charge >= 0.3 is 0 Å². The highest BCUT2D eigenvalue weighted by Gasteiger charge is 2.28. The monoisotopic (exact) mass is 413 g/mol. The third kappa shape index (κ3) is 3.99. The minimum Gasteiger partial charge on any atom is -0.489 e. The number of amides is 1. The first-order valence-corrected chi connectivity index (χ1v) is 10.4. The van der Waals surface area contributed by atoms with E-state index in [0.717, 1.165) is 40.8 Å². The van der Waals surface area contributed by atoms with Gasteiger partial charge in [-0.15, -0.1) is 0 Å². The molecule has 7 heteroatoms. The number of ether oxygens (including phenoxy) is 1. The van der Waals surface area contributed by atoms with Crippen LogP contribution in [0.5, 0.6) is 5.75 Å². The van der Waals surface area contributed by atoms with Crippen molar-refractivity contribution in [1.82, 2.24) is 19.7 Å². The van der Waals surface area contributed by atoms with Gasteiger partial charge in [0.1, 0.15) is 12.4 Å².